The molecule has 0 radical (unpaired) electrons. The second kappa shape index (κ2) is 10.7. The minimum atomic E-state index is -4.84. The molecule has 0 saturated carbocycles. The van der Waals surface area contributed by atoms with Crippen LogP contribution in [0.25, 0.3) is 0 Å². The Kier molecular flexibility index (Phi) is 8.34. The summed E-state index contributed by atoms with van der Waals surface area (Å²) in [5.74, 6) is -1.06. The Hall–Kier alpha value is -3.20. The van der Waals surface area contributed by atoms with E-state index in [9.17, 15) is 36.3 Å². The molecule has 0 bridgehead atoms. The van der Waals surface area contributed by atoms with Gasteiger partial charge in [-0.2, -0.15) is 18.3 Å². The number of anilines is 2. The third kappa shape index (κ3) is 6.09. The first-order valence-corrected chi connectivity index (χ1v) is 13.9. The molecule has 1 amide bonds. The molecule has 0 fully saturated rings. The number of aliphatic carboxylic acids is 1. The van der Waals surface area contributed by atoms with Crippen molar-refractivity contribution in [1.29, 1.82) is 0 Å². The summed E-state index contributed by atoms with van der Waals surface area (Å²) in [6.07, 6.45) is -5.96. The lowest BCUT2D eigenvalue weighted by atomic mass is 9.86. The number of carboxylic acid groups (broad SMARTS) is 1. The van der Waals surface area contributed by atoms with Crippen molar-refractivity contribution >= 4 is 45.1 Å². The molecule has 16 heteroatoms. The van der Waals surface area contributed by atoms with Crippen LogP contribution in [0.3, 0.4) is 0 Å². The number of rotatable bonds is 8. The van der Waals surface area contributed by atoms with Crippen LogP contribution in [0.1, 0.15) is 46.6 Å². The number of hydrogen-bond donors (Lipinski definition) is 2. The zero-order chi connectivity index (χ0) is 30.4. The van der Waals surface area contributed by atoms with E-state index in [4.69, 9.17) is 16.3 Å². The number of halogens is 4. The summed E-state index contributed by atoms with van der Waals surface area (Å²) in [6, 6.07) is 2.64. The predicted molar refractivity (Wildman–Crippen MR) is 139 cm³/mol. The summed E-state index contributed by atoms with van der Waals surface area (Å²) in [4.78, 5) is 23.8. The van der Waals surface area contributed by atoms with Gasteiger partial charge in [-0.25, -0.2) is 13.2 Å². The van der Waals surface area contributed by atoms with Crippen LogP contribution in [-0.4, -0.2) is 59.8 Å². The maximum absolute atomic E-state index is 13.9. The zero-order valence-corrected chi connectivity index (χ0v) is 24.2. The Morgan fingerprint density at radius 1 is 1.25 bits per heavy atom. The van der Waals surface area contributed by atoms with Crippen molar-refractivity contribution in [3.63, 3.8) is 0 Å². The van der Waals surface area contributed by atoms with Crippen LogP contribution < -0.4 is 14.4 Å². The smallest absolute Gasteiger partial charge is 0.427 e. The average Bonchev–Trinajstić information content (AvgIpc) is 3.20. The minimum absolute atomic E-state index is 0.0161. The van der Waals surface area contributed by atoms with Gasteiger partial charge in [-0.15, -0.1) is 0 Å². The van der Waals surface area contributed by atoms with Gasteiger partial charge in [0.2, 0.25) is 5.60 Å². The molecule has 0 aliphatic carbocycles. The molecule has 1 unspecified atom stereocenters. The highest BCUT2D eigenvalue weighted by Gasteiger charge is 2.51. The average molecular weight is 611 g/mol. The summed E-state index contributed by atoms with van der Waals surface area (Å²) >= 11 is 6.16. The molecule has 2 aromatic rings. The number of fused-ring (bicyclic) bond motifs is 1. The molecule has 222 valence electrons. The fourth-order valence-corrected chi connectivity index (χ4v) is 5.96. The number of aromatic nitrogens is 2. The predicted octanol–water partition coefficient (Wildman–Crippen LogP) is 5.21. The van der Waals surface area contributed by atoms with Gasteiger partial charge in [-0.05, 0) is 53.7 Å². The van der Waals surface area contributed by atoms with E-state index in [1.54, 1.807) is 6.92 Å². The first kappa shape index (κ1) is 31.3. The third-order valence-electron chi connectivity index (χ3n) is 6.47. The molecule has 1 aliphatic heterocycles. The summed E-state index contributed by atoms with van der Waals surface area (Å²) in [5, 5.41) is 15.5. The molecule has 2 heterocycles. The second-order valence-electron chi connectivity index (χ2n) is 10.4. The van der Waals surface area contributed by atoms with E-state index in [2.05, 4.69) is 15.2 Å². The second-order valence-corrected chi connectivity index (χ2v) is 12.6. The summed E-state index contributed by atoms with van der Waals surface area (Å²) in [5.41, 5.74) is -3.98. The highest BCUT2D eigenvalue weighted by Crippen LogP contribution is 2.45. The number of sulfonamides is 1. The molecule has 1 aliphatic rings. The summed E-state index contributed by atoms with van der Waals surface area (Å²) in [6.45, 7) is 7.50. The number of hydrogen-bond acceptors (Lipinski definition) is 7. The molecule has 1 atom stereocenters. The van der Waals surface area contributed by atoms with Crippen LogP contribution in [0.15, 0.2) is 23.2 Å². The Bertz CT molecular complexity index is 1420. The van der Waals surface area contributed by atoms with Crippen molar-refractivity contribution in [2.75, 3.05) is 16.2 Å². The number of amides is 1. The van der Waals surface area contributed by atoms with Crippen LogP contribution in [0.2, 0.25) is 5.15 Å². The molecule has 0 saturated heterocycles. The molecule has 1 aromatic heterocycles. The number of carbonyl (C=O) groups is 2. The van der Waals surface area contributed by atoms with Gasteiger partial charge in [0.15, 0.2) is 5.15 Å². The number of alkyl halides is 3. The van der Waals surface area contributed by atoms with Gasteiger partial charge >= 0.3 is 18.2 Å². The minimum Gasteiger partial charge on any atom is -0.486 e. The van der Waals surface area contributed by atoms with Crippen LogP contribution in [0, 0.1) is 12.3 Å². The van der Waals surface area contributed by atoms with Gasteiger partial charge in [0.1, 0.15) is 16.7 Å². The quantitative estimate of drug-likeness (QED) is 0.415. The van der Waals surface area contributed by atoms with Crippen molar-refractivity contribution < 1.29 is 45.8 Å². The third-order valence-corrected chi connectivity index (χ3v) is 8.63. The molecule has 1 aromatic carbocycles. The maximum atomic E-state index is 13.9. The van der Waals surface area contributed by atoms with Gasteiger partial charge in [0.25, 0.3) is 10.0 Å². The Morgan fingerprint density at radius 2 is 1.88 bits per heavy atom. The van der Waals surface area contributed by atoms with E-state index in [-0.39, 0.29) is 45.7 Å². The number of aryl methyl sites for hydroxylation is 1. The first-order chi connectivity index (χ1) is 18.2. The number of benzene rings is 1. The largest absolute Gasteiger partial charge is 0.486 e. The van der Waals surface area contributed by atoms with E-state index in [0.717, 1.165) is 4.31 Å². The lowest BCUT2D eigenvalue weighted by Crippen LogP contribution is -2.46. The van der Waals surface area contributed by atoms with E-state index in [1.165, 1.54) is 43.8 Å². The normalized spacial score (nSPS) is 16.2. The van der Waals surface area contributed by atoms with Crippen LogP contribution in [0.4, 0.5) is 29.3 Å². The lowest BCUT2D eigenvalue weighted by molar-refractivity contribution is -0.242. The highest BCUT2D eigenvalue weighted by atomic mass is 35.5. The highest BCUT2D eigenvalue weighted by molar-refractivity contribution is 7.93. The van der Waals surface area contributed by atoms with Crippen molar-refractivity contribution in [3.8, 4) is 5.75 Å². The van der Waals surface area contributed by atoms with Crippen LogP contribution >= 0.6 is 11.6 Å². The number of nitrogens with zero attached hydrogens (tertiary/aromatic N) is 3. The van der Waals surface area contributed by atoms with Gasteiger partial charge in [-0.3, -0.25) is 19.1 Å². The van der Waals surface area contributed by atoms with E-state index in [1.807, 2.05) is 0 Å². The maximum Gasteiger partial charge on any atom is 0.427 e. The molecular weight excluding hydrogens is 581 g/mol. The number of carbonyl (C=O) groups excluding carboxylic acids is 1. The number of ether oxygens (including phenoxy) is 2. The van der Waals surface area contributed by atoms with Gasteiger partial charge in [0.05, 0.1) is 17.6 Å². The Morgan fingerprint density at radius 3 is 2.40 bits per heavy atom. The summed E-state index contributed by atoms with van der Waals surface area (Å²) in [7, 11) is -4.42. The number of carboxylic acids is 1. The monoisotopic (exact) mass is 610 g/mol. The van der Waals surface area contributed by atoms with Crippen LogP contribution in [0.5, 0.6) is 5.75 Å². The van der Waals surface area contributed by atoms with Crippen molar-refractivity contribution in [2.24, 2.45) is 5.41 Å². The Balaban J connectivity index is 2.09. The molecular formula is C24H30ClF3N4O7S. The molecule has 3 rings (SSSR count). The Labute approximate surface area is 234 Å². The molecule has 40 heavy (non-hydrogen) atoms. The zero-order valence-electron chi connectivity index (χ0n) is 22.6. The van der Waals surface area contributed by atoms with Crippen molar-refractivity contribution in [1.82, 2.24) is 9.78 Å². The van der Waals surface area contributed by atoms with Crippen molar-refractivity contribution in [2.45, 2.75) is 77.3 Å². The van der Waals surface area contributed by atoms with E-state index >= 15 is 0 Å². The summed E-state index contributed by atoms with van der Waals surface area (Å²) < 4.78 is 80.3. The van der Waals surface area contributed by atoms with Gasteiger partial charge in [0, 0.05) is 30.4 Å². The van der Waals surface area contributed by atoms with E-state index < -0.39 is 45.4 Å². The topological polar surface area (TPSA) is 140 Å². The van der Waals surface area contributed by atoms with E-state index in [0.29, 0.717) is 20.4 Å². The first-order valence-electron chi connectivity index (χ1n) is 12.1. The SMILES string of the molecule is CCn1cc(S(=O)(=O)N2CC(CC(C)(C)C(=O)O)Oc3ccc(NC(=O)OC(C)(C)C(F)(F)F)c(C)c32)c(Cl)n1. The van der Waals surface area contributed by atoms with Gasteiger partial charge < -0.3 is 14.6 Å². The molecule has 0 spiro atoms. The standard InChI is InChI=1S/C24H30ClF3N4O7S/c1-7-31-12-17(19(25)30-31)40(36,37)32-11-14(10-22(3,4)20(33)34)38-16-9-8-15(13(2)18(16)32)29-21(35)39-23(5,6)24(26,27)28/h8-9,12,14H,7,10-11H2,1-6H3,(H,29,35)(H,33,34). The van der Waals surface area contributed by atoms with Crippen LogP contribution in [-0.2, 0) is 26.1 Å². The van der Waals surface area contributed by atoms with Gasteiger partial charge in [-0.1, -0.05) is 11.6 Å². The molecule has 11 nitrogen and oxygen atoms in total. The molecule has 2 N–H and O–H groups in total. The fourth-order valence-electron chi connectivity index (χ4n) is 3.95. The van der Waals surface area contributed by atoms with Crippen molar-refractivity contribution in [3.05, 3.63) is 29.0 Å². The number of nitrogens with one attached hydrogen (secondary N) is 1. The lowest BCUT2D eigenvalue weighted by Gasteiger charge is -2.38. The fraction of sp³-hybridized carbons (Fsp3) is 0.542.